The maximum atomic E-state index is 13.4. The summed E-state index contributed by atoms with van der Waals surface area (Å²) < 4.78 is 15.8. The summed E-state index contributed by atoms with van der Waals surface area (Å²) in [7, 11) is 3.01. The van der Waals surface area contributed by atoms with Crippen LogP contribution in [0.15, 0.2) is 94.0 Å². The van der Waals surface area contributed by atoms with Crippen LogP contribution in [0.2, 0.25) is 0 Å². The van der Waals surface area contributed by atoms with Gasteiger partial charge >= 0.3 is 0 Å². The molecule has 3 N–H and O–H groups in total. The minimum Gasteiger partial charge on any atom is -0.493 e. The van der Waals surface area contributed by atoms with Crippen LogP contribution < -0.4 is 25.4 Å². The fourth-order valence-corrected chi connectivity index (χ4v) is 4.41. The predicted molar refractivity (Wildman–Crippen MR) is 157 cm³/mol. The molecule has 1 heterocycles. The van der Waals surface area contributed by atoms with Crippen LogP contribution in [0.5, 0.6) is 11.5 Å². The van der Waals surface area contributed by atoms with E-state index in [0.29, 0.717) is 39.9 Å². The normalized spacial score (nSPS) is 11.0. The summed E-state index contributed by atoms with van der Waals surface area (Å²) in [5.74, 6) is 0.816. The van der Waals surface area contributed by atoms with Crippen molar-refractivity contribution in [2.45, 2.75) is 11.8 Å². The summed E-state index contributed by atoms with van der Waals surface area (Å²) in [5, 5.41) is 11.9. The Morgan fingerprint density at radius 1 is 0.927 bits per heavy atom. The molecule has 0 radical (unpaired) electrons. The zero-order valence-electron chi connectivity index (χ0n) is 22.6. The summed E-state index contributed by atoms with van der Waals surface area (Å²) in [5.41, 5.74) is 1.44. The Balaban J connectivity index is 1.48. The summed E-state index contributed by atoms with van der Waals surface area (Å²) in [6.45, 7) is 1.74. The molecule has 0 spiro atoms. The van der Waals surface area contributed by atoms with Gasteiger partial charge in [-0.3, -0.25) is 14.4 Å². The van der Waals surface area contributed by atoms with Gasteiger partial charge in [-0.05, 0) is 55.5 Å². The van der Waals surface area contributed by atoms with Crippen molar-refractivity contribution >= 4 is 47.1 Å². The number of aromatic nitrogens is 1. The SMILES string of the molecule is COc1cccc(/C=C(\NC(=O)c2ccccc2)C(=O)Nc2ccc(SCC(=O)Nc3cc(C)on3)cc2)c1OC. The Bertz CT molecular complexity index is 1550. The Hall–Kier alpha value is -5.03. The highest BCUT2D eigenvalue weighted by Crippen LogP contribution is 2.32. The first kappa shape index (κ1) is 29.0. The lowest BCUT2D eigenvalue weighted by molar-refractivity contribution is -0.114. The van der Waals surface area contributed by atoms with Crippen molar-refractivity contribution in [2.75, 3.05) is 30.6 Å². The van der Waals surface area contributed by atoms with Gasteiger partial charge in [-0.2, -0.15) is 0 Å². The maximum absolute atomic E-state index is 13.4. The Morgan fingerprint density at radius 2 is 1.68 bits per heavy atom. The van der Waals surface area contributed by atoms with E-state index < -0.39 is 11.8 Å². The third kappa shape index (κ3) is 7.99. The Kier molecular flexibility index (Phi) is 9.79. The Labute approximate surface area is 241 Å². The number of nitrogens with zero attached hydrogens (tertiary/aromatic N) is 1. The van der Waals surface area contributed by atoms with E-state index in [1.54, 1.807) is 85.8 Å². The van der Waals surface area contributed by atoms with Crippen molar-refractivity contribution in [1.29, 1.82) is 0 Å². The van der Waals surface area contributed by atoms with Crippen LogP contribution in [0.25, 0.3) is 6.08 Å². The molecule has 1 aromatic heterocycles. The van der Waals surface area contributed by atoms with Crippen LogP contribution in [-0.4, -0.2) is 42.9 Å². The molecule has 4 aromatic rings. The molecular formula is C30H28N4O6S. The van der Waals surface area contributed by atoms with E-state index in [1.807, 2.05) is 0 Å². The monoisotopic (exact) mass is 572 g/mol. The number of nitrogens with one attached hydrogen (secondary N) is 3. The summed E-state index contributed by atoms with van der Waals surface area (Å²) in [6.07, 6.45) is 1.52. The number of ether oxygens (including phenoxy) is 2. The van der Waals surface area contributed by atoms with Crippen LogP contribution in [-0.2, 0) is 9.59 Å². The molecule has 0 saturated carbocycles. The number of methoxy groups -OCH3 is 2. The molecule has 0 unspecified atom stereocenters. The number of thioether (sulfide) groups is 1. The predicted octanol–water partition coefficient (Wildman–Crippen LogP) is 5.14. The van der Waals surface area contributed by atoms with Gasteiger partial charge in [0.2, 0.25) is 5.91 Å². The first-order valence-electron chi connectivity index (χ1n) is 12.4. The van der Waals surface area contributed by atoms with E-state index in [4.69, 9.17) is 14.0 Å². The third-order valence-electron chi connectivity index (χ3n) is 5.64. The molecule has 0 atom stereocenters. The number of rotatable bonds is 11. The fraction of sp³-hybridized carbons (Fsp3) is 0.133. The minimum atomic E-state index is -0.540. The molecule has 11 heteroatoms. The second kappa shape index (κ2) is 13.9. The lowest BCUT2D eigenvalue weighted by Gasteiger charge is -2.14. The van der Waals surface area contributed by atoms with Gasteiger partial charge in [0.25, 0.3) is 11.8 Å². The van der Waals surface area contributed by atoms with Crippen LogP contribution in [0.4, 0.5) is 11.5 Å². The van der Waals surface area contributed by atoms with Crippen LogP contribution in [0.1, 0.15) is 21.7 Å². The smallest absolute Gasteiger partial charge is 0.272 e. The van der Waals surface area contributed by atoms with Crippen LogP contribution >= 0.6 is 11.8 Å². The Morgan fingerprint density at radius 3 is 2.34 bits per heavy atom. The molecule has 0 saturated heterocycles. The molecule has 0 bridgehead atoms. The summed E-state index contributed by atoms with van der Waals surface area (Å²) in [4.78, 5) is 39.3. The zero-order chi connectivity index (χ0) is 29.2. The van der Waals surface area contributed by atoms with Crippen molar-refractivity contribution in [2.24, 2.45) is 0 Å². The number of anilines is 2. The van der Waals surface area contributed by atoms with Gasteiger partial charge in [-0.15, -0.1) is 11.8 Å². The van der Waals surface area contributed by atoms with Crippen LogP contribution in [0, 0.1) is 6.92 Å². The second-order valence-corrected chi connectivity index (χ2v) is 9.65. The quantitative estimate of drug-likeness (QED) is 0.166. The van der Waals surface area contributed by atoms with Gasteiger partial charge in [0, 0.05) is 27.8 Å². The van der Waals surface area contributed by atoms with Gasteiger partial charge < -0.3 is 29.9 Å². The molecular weight excluding hydrogens is 544 g/mol. The zero-order valence-corrected chi connectivity index (χ0v) is 23.4. The number of amides is 3. The number of carbonyl (C=O) groups is 3. The average Bonchev–Trinajstić information content (AvgIpc) is 3.40. The van der Waals surface area contributed by atoms with Crippen molar-refractivity contribution < 1.29 is 28.4 Å². The summed E-state index contributed by atoms with van der Waals surface area (Å²) in [6, 6.07) is 22.4. The standard InChI is InChI=1S/C30H28N4O6S/c1-19-16-26(34-40-19)33-27(35)18-41-23-14-12-22(13-15-23)31-30(37)24(32-29(36)20-8-5-4-6-9-20)17-21-10-7-11-25(38-2)28(21)39-3/h4-17H,18H2,1-3H3,(H,31,37)(H,32,36)(H,33,34,35)/b24-17-. The number of hydrogen-bond donors (Lipinski definition) is 3. The van der Waals surface area contributed by atoms with E-state index >= 15 is 0 Å². The first-order chi connectivity index (χ1) is 19.9. The van der Waals surface area contributed by atoms with Crippen molar-refractivity contribution in [3.8, 4) is 11.5 Å². The number of para-hydroxylation sites is 1. The van der Waals surface area contributed by atoms with E-state index in [1.165, 1.54) is 32.1 Å². The van der Waals surface area contributed by atoms with E-state index in [2.05, 4.69) is 21.1 Å². The highest BCUT2D eigenvalue weighted by molar-refractivity contribution is 8.00. The lowest BCUT2D eigenvalue weighted by Crippen LogP contribution is -2.30. The maximum Gasteiger partial charge on any atom is 0.272 e. The number of benzene rings is 3. The van der Waals surface area contributed by atoms with Gasteiger partial charge in [0.15, 0.2) is 17.3 Å². The molecule has 0 fully saturated rings. The van der Waals surface area contributed by atoms with E-state index in [0.717, 1.165) is 4.90 Å². The van der Waals surface area contributed by atoms with Gasteiger partial charge in [0.1, 0.15) is 11.5 Å². The fourth-order valence-electron chi connectivity index (χ4n) is 3.71. The van der Waals surface area contributed by atoms with Crippen LogP contribution in [0.3, 0.4) is 0 Å². The highest BCUT2D eigenvalue weighted by atomic mass is 32.2. The van der Waals surface area contributed by atoms with Gasteiger partial charge in [-0.25, -0.2) is 0 Å². The average molecular weight is 573 g/mol. The molecule has 0 aliphatic heterocycles. The molecule has 210 valence electrons. The molecule has 0 aliphatic carbocycles. The van der Waals surface area contributed by atoms with Crippen molar-refractivity contribution in [3.05, 3.63) is 101 Å². The van der Waals surface area contributed by atoms with Gasteiger partial charge in [0.05, 0.1) is 20.0 Å². The molecule has 3 amide bonds. The van der Waals surface area contributed by atoms with E-state index in [9.17, 15) is 14.4 Å². The number of hydrogen-bond acceptors (Lipinski definition) is 8. The molecule has 10 nitrogen and oxygen atoms in total. The summed E-state index contributed by atoms with van der Waals surface area (Å²) >= 11 is 1.33. The van der Waals surface area contributed by atoms with Crippen molar-refractivity contribution in [3.63, 3.8) is 0 Å². The minimum absolute atomic E-state index is 0.00335. The number of carbonyl (C=O) groups excluding carboxylic acids is 3. The van der Waals surface area contributed by atoms with E-state index in [-0.39, 0.29) is 17.4 Å². The molecule has 0 aliphatic rings. The topological polar surface area (TPSA) is 132 Å². The third-order valence-corrected chi connectivity index (χ3v) is 6.65. The molecule has 41 heavy (non-hydrogen) atoms. The number of aryl methyl sites for hydroxylation is 1. The second-order valence-electron chi connectivity index (χ2n) is 8.60. The largest absolute Gasteiger partial charge is 0.493 e. The molecule has 4 rings (SSSR count). The highest BCUT2D eigenvalue weighted by Gasteiger charge is 2.17. The lowest BCUT2D eigenvalue weighted by atomic mass is 10.1. The van der Waals surface area contributed by atoms with Gasteiger partial charge in [-0.1, -0.05) is 35.5 Å². The van der Waals surface area contributed by atoms with Crippen molar-refractivity contribution in [1.82, 2.24) is 10.5 Å². The molecule has 3 aromatic carbocycles. The first-order valence-corrected chi connectivity index (χ1v) is 13.4.